The van der Waals surface area contributed by atoms with Gasteiger partial charge in [0.05, 0.1) is 29.9 Å². The van der Waals surface area contributed by atoms with Gasteiger partial charge in [0, 0.05) is 23.9 Å². The van der Waals surface area contributed by atoms with Crippen molar-refractivity contribution in [2.75, 3.05) is 13.7 Å². The van der Waals surface area contributed by atoms with E-state index >= 15 is 0 Å². The Morgan fingerprint density at radius 2 is 1.50 bits per heavy atom. The Bertz CT molecular complexity index is 1090. The fourth-order valence-corrected chi connectivity index (χ4v) is 5.03. The maximum absolute atomic E-state index is 12.9. The van der Waals surface area contributed by atoms with Crippen molar-refractivity contribution in [3.05, 3.63) is 72.4 Å². The predicted molar refractivity (Wildman–Crippen MR) is 123 cm³/mol. The minimum Gasteiger partial charge on any atom is -0.284 e. The third kappa shape index (κ3) is 3.86. The molecule has 6 nitrogen and oxygen atoms in total. The molecule has 2 atom stereocenters. The van der Waals surface area contributed by atoms with E-state index in [1.807, 2.05) is 71.4 Å². The summed E-state index contributed by atoms with van der Waals surface area (Å²) < 4.78 is 1.90. The summed E-state index contributed by atoms with van der Waals surface area (Å²) in [4.78, 5) is 29.3. The van der Waals surface area contributed by atoms with Crippen molar-refractivity contribution >= 4 is 11.8 Å². The molecule has 1 saturated heterocycles. The lowest BCUT2D eigenvalue weighted by Crippen LogP contribution is -2.40. The van der Waals surface area contributed by atoms with E-state index in [0.29, 0.717) is 13.2 Å². The van der Waals surface area contributed by atoms with Crippen LogP contribution in [0.4, 0.5) is 0 Å². The zero-order valence-electron chi connectivity index (χ0n) is 18.4. The van der Waals surface area contributed by atoms with Gasteiger partial charge in [-0.2, -0.15) is 5.10 Å². The van der Waals surface area contributed by atoms with E-state index in [-0.39, 0.29) is 23.7 Å². The molecular weight excluding hydrogens is 400 g/mol. The SMILES string of the molecule is CN(Cc1cn(-c2ccccc2)nc1-c1ccccc1)CN1C(=O)C2CCCCC2C1=O. The van der Waals surface area contributed by atoms with E-state index in [1.165, 1.54) is 4.90 Å². The topological polar surface area (TPSA) is 58.4 Å². The van der Waals surface area contributed by atoms with Gasteiger partial charge in [0.1, 0.15) is 0 Å². The van der Waals surface area contributed by atoms with Crippen LogP contribution in [0, 0.1) is 11.8 Å². The van der Waals surface area contributed by atoms with E-state index in [0.717, 1.165) is 48.2 Å². The largest absolute Gasteiger partial charge is 0.284 e. The Kier molecular flexibility index (Phi) is 5.62. The van der Waals surface area contributed by atoms with Crippen molar-refractivity contribution in [3.8, 4) is 16.9 Å². The smallest absolute Gasteiger partial charge is 0.234 e. The number of fused-ring (bicyclic) bond motifs is 1. The molecule has 0 N–H and O–H groups in total. The van der Waals surface area contributed by atoms with Gasteiger partial charge in [-0.15, -0.1) is 0 Å². The first kappa shape index (κ1) is 20.6. The lowest BCUT2D eigenvalue weighted by atomic mass is 9.81. The van der Waals surface area contributed by atoms with Crippen LogP contribution in [0.3, 0.4) is 0 Å². The first-order chi connectivity index (χ1) is 15.6. The van der Waals surface area contributed by atoms with Crippen LogP contribution in [0.15, 0.2) is 66.9 Å². The molecule has 2 amide bonds. The van der Waals surface area contributed by atoms with Gasteiger partial charge >= 0.3 is 0 Å². The van der Waals surface area contributed by atoms with Crippen LogP contribution in [0.25, 0.3) is 16.9 Å². The van der Waals surface area contributed by atoms with Gasteiger partial charge in [-0.1, -0.05) is 61.4 Å². The van der Waals surface area contributed by atoms with Gasteiger partial charge in [0.2, 0.25) is 11.8 Å². The zero-order chi connectivity index (χ0) is 22.1. The molecule has 1 aromatic heterocycles. The quantitative estimate of drug-likeness (QED) is 0.555. The molecule has 2 aromatic carbocycles. The third-order valence-corrected chi connectivity index (χ3v) is 6.61. The molecule has 32 heavy (non-hydrogen) atoms. The lowest BCUT2D eigenvalue weighted by molar-refractivity contribution is -0.142. The summed E-state index contributed by atoms with van der Waals surface area (Å²) in [5, 5.41) is 4.87. The number of benzene rings is 2. The van der Waals surface area contributed by atoms with Gasteiger partial charge in [-0.3, -0.25) is 19.4 Å². The Balaban J connectivity index is 1.39. The van der Waals surface area contributed by atoms with E-state index in [1.54, 1.807) is 0 Å². The number of amides is 2. The highest BCUT2D eigenvalue weighted by atomic mass is 16.2. The number of hydrogen-bond acceptors (Lipinski definition) is 4. The molecule has 2 heterocycles. The maximum atomic E-state index is 12.9. The van der Waals surface area contributed by atoms with Crippen molar-refractivity contribution in [2.45, 2.75) is 32.2 Å². The zero-order valence-corrected chi connectivity index (χ0v) is 18.4. The second-order valence-electron chi connectivity index (χ2n) is 8.91. The highest BCUT2D eigenvalue weighted by Gasteiger charge is 2.48. The second-order valence-corrected chi connectivity index (χ2v) is 8.91. The maximum Gasteiger partial charge on any atom is 0.234 e. The molecular formula is C26H28N4O2. The summed E-state index contributed by atoms with van der Waals surface area (Å²) in [6.45, 7) is 0.902. The van der Waals surface area contributed by atoms with Gasteiger partial charge in [-0.25, -0.2) is 4.68 Å². The summed E-state index contributed by atoms with van der Waals surface area (Å²) in [6, 6.07) is 20.1. The van der Waals surface area contributed by atoms with E-state index in [4.69, 9.17) is 5.10 Å². The van der Waals surface area contributed by atoms with Crippen molar-refractivity contribution in [2.24, 2.45) is 11.8 Å². The molecule has 0 radical (unpaired) electrons. The monoisotopic (exact) mass is 428 g/mol. The molecule has 164 valence electrons. The second kappa shape index (κ2) is 8.71. The number of para-hydroxylation sites is 1. The number of aromatic nitrogens is 2. The molecule has 5 rings (SSSR count). The average molecular weight is 429 g/mol. The predicted octanol–water partition coefficient (Wildman–Crippen LogP) is 4.10. The number of carbonyl (C=O) groups is 2. The molecule has 2 fully saturated rings. The first-order valence-electron chi connectivity index (χ1n) is 11.3. The normalized spacial score (nSPS) is 20.8. The number of carbonyl (C=O) groups excluding carboxylic acids is 2. The molecule has 1 aliphatic carbocycles. The number of imide groups is 1. The summed E-state index contributed by atoms with van der Waals surface area (Å²) in [7, 11) is 1.96. The number of likely N-dealkylation sites (tertiary alicyclic amines) is 1. The summed E-state index contributed by atoms with van der Waals surface area (Å²) in [5.41, 5.74) is 4.01. The molecule has 2 aliphatic rings. The summed E-state index contributed by atoms with van der Waals surface area (Å²) in [5.74, 6) is -0.194. The summed E-state index contributed by atoms with van der Waals surface area (Å²) in [6.07, 6.45) is 5.82. The molecule has 1 saturated carbocycles. The van der Waals surface area contributed by atoms with E-state index in [9.17, 15) is 9.59 Å². The van der Waals surface area contributed by atoms with Crippen LogP contribution in [0.1, 0.15) is 31.2 Å². The van der Waals surface area contributed by atoms with Crippen LogP contribution in [-0.2, 0) is 16.1 Å². The molecule has 1 aliphatic heterocycles. The molecule has 0 spiro atoms. The Morgan fingerprint density at radius 3 is 2.12 bits per heavy atom. The summed E-state index contributed by atoms with van der Waals surface area (Å²) >= 11 is 0. The fraction of sp³-hybridized carbons (Fsp3) is 0.346. The molecule has 2 unspecified atom stereocenters. The van der Waals surface area contributed by atoms with Crippen LogP contribution in [-0.4, -0.2) is 45.1 Å². The minimum absolute atomic E-state index is 0.00909. The van der Waals surface area contributed by atoms with Gasteiger partial charge < -0.3 is 0 Å². The van der Waals surface area contributed by atoms with Crippen molar-refractivity contribution in [1.29, 1.82) is 0 Å². The Hall–Kier alpha value is -3.25. The number of hydrogen-bond donors (Lipinski definition) is 0. The van der Waals surface area contributed by atoms with E-state index < -0.39 is 0 Å². The van der Waals surface area contributed by atoms with Crippen LogP contribution < -0.4 is 0 Å². The van der Waals surface area contributed by atoms with Crippen molar-refractivity contribution in [1.82, 2.24) is 19.6 Å². The van der Waals surface area contributed by atoms with E-state index in [2.05, 4.69) is 12.1 Å². The van der Waals surface area contributed by atoms with Crippen molar-refractivity contribution in [3.63, 3.8) is 0 Å². The standard InChI is InChI=1S/C26H28N4O2/c1-28(18-29-25(31)22-14-8-9-15-23(22)26(29)32)16-20-17-30(21-12-6-3-7-13-21)27-24(20)19-10-4-2-5-11-19/h2-7,10-13,17,22-23H,8-9,14-16,18H2,1H3. The highest BCUT2D eigenvalue weighted by molar-refractivity contribution is 6.05. The highest BCUT2D eigenvalue weighted by Crippen LogP contribution is 2.38. The van der Waals surface area contributed by atoms with Gasteiger partial charge in [0.25, 0.3) is 0 Å². The van der Waals surface area contributed by atoms with Crippen LogP contribution >= 0.6 is 0 Å². The van der Waals surface area contributed by atoms with Gasteiger partial charge in [-0.05, 0) is 32.0 Å². The molecule has 6 heteroatoms. The first-order valence-corrected chi connectivity index (χ1v) is 11.3. The molecule has 0 bridgehead atoms. The van der Waals surface area contributed by atoms with Crippen molar-refractivity contribution < 1.29 is 9.59 Å². The lowest BCUT2D eigenvalue weighted by Gasteiger charge is -2.23. The number of nitrogens with zero attached hydrogens (tertiary/aromatic N) is 4. The average Bonchev–Trinajstić information content (AvgIpc) is 3.35. The van der Waals surface area contributed by atoms with Gasteiger partial charge in [0.15, 0.2) is 0 Å². The number of rotatable bonds is 6. The fourth-order valence-electron chi connectivity index (χ4n) is 5.03. The Morgan fingerprint density at radius 1 is 0.906 bits per heavy atom. The minimum atomic E-state index is -0.106. The molecule has 3 aromatic rings. The third-order valence-electron chi connectivity index (χ3n) is 6.61. The van der Waals surface area contributed by atoms with Crippen LogP contribution in [0.2, 0.25) is 0 Å². The Labute approximate surface area is 188 Å². The van der Waals surface area contributed by atoms with Crippen LogP contribution in [0.5, 0.6) is 0 Å².